The van der Waals surface area contributed by atoms with Crippen LogP contribution in [-0.2, 0) is 23.9 Å². The number of aliphatic hydroxyl groups is 1. The van der Waals surface area contributed by atoms with Gasteiger partial charge in [-0.05, 0) is 60.9 Å². The number of carbonyl (C=O) groups excluding carboxylic acids is 3. The van der Waals surface area contributed by atoms with E-state index in [1.54, 1.807) is 54.6 Å². The Morgan fingerprint density at radius 1 is 0.737 bits per heavy atom. The molecule has 0 unspecified atom stereocenters. The van der Waals surface area contributed by atoms with E-state index in [4.69, 9.17) is 28.8 Å². The first-order valence-corrected chi connectivity index (χ1v) is 12.0. The third kappa shape index (κ3) is 12.0. The van der Waals surface area contributed by atoms with Gasteiger partial charge in [0.05, 0.1) is 38.6 Å². The molecule has 2 rings (SSSR count). The SMILES string of the molecule is C=CC(=O)OCCCCOc1ccc(OC(=O)/C=C/c2ccc(OCCCOC(=O)C(=C)CO)cc2)cc1. The van der Waals surface area contributed by atoms with Crippen molar-refractivity contribution < 1.29 is 43.2 Å². The molecule has 1 N–H and O–H groups in total. The second-order valence-corrected chi connectivity index (χ2v) is 7.82. The number of aliphatic hydroxyl groups excluding tert-OH is 1. The van der Waals surface area contributed by atoms with Crippen LogP contribution in [0.2, 0.25) is 0 Å². The minimum Gasteiger partial charge on any atom is -0.494 e. The molecule has 0 aliphatic heterocycles. The fourth-order valence-corrected chi connectivity index (χ4v) is 2.80. The molecule has 0 saturated heterocycles. The van der Waals surface area contributed by atoms with Crippen LogP contribution in [-0.4, -0.2) is 56.0 Å². The first-order chi connectivity index (χ1) is 18.4. The fraction of sp³-hybridized carbons (Fsp3) is 0.276. The van der Waals surface area contributed by atoms with Crippen molar-refractivity contribution >= 4 is 24.0 Å². The lowest BCUT2D eigenvalue weighted by molar-refractivity contribution is -0.140. The molecule has 38 heavy (non-hydrogen) atoms. The molecular weight excluding hydrogens is 492 g/mol. The molecule has 0 heterocycles. The highest BCUT2D eigenvalue weighted by Gasteiger charge is 2.06. The number of esters is 3. The molecule has 9 heteroatoms. The van der Waals surface area contributed by atoms with Crippen molar-refractivity contribution in [2.45, 2.75) is 19.3 Å². The molecule has 0 radical (unpaired) electrons. The molecule has 0 fully saturated rings. The van der Waals surface area contributed by atoms with Crippen LogP contribution in [0.3, 0.4) is 0 Å². The summed E-state index contributed by atoms with van der Waals surface area (Å²) in [5, 5.41) is 8.81. The van der Waals surface area contributed by atoms with Gasteiger partial charge in [-0.1, -0.05) is 25.3 Å². The van der Waals surface area contributed by atoms with E-state index in [-0.39, 0.29) is 12.2 Å². The van der Waals surface area contributed by atoms with E-state index in [0.29, 0.717) is 49.9 Å². The number of carbonyl (C=O) groups is 3. The summed E-state index contributed by atoms with van der Waals surface area (Å²) in [4.78, 5) is 34.5. The topological polar surface area (TPSA) is 118 Å². The van der Waals surface area contributed by atoms with Gasteiger partial charge in [-0.2, -0.15) is 0 Å². The molecule has 0 aromatic heterocycles. The smallest absolute Gasteiger partial charge is 0.336 e. The second kappa shape index (κ2) is 17.1. The van der Waals surface area contributed by atoms with Crippen LogP contribution < -0.4 is 14.2 Å². The summed E-state index contributed by atoms with van der Waals surface area (Å²) in [6, 6.07) is 13.8. The molecular formula is C29H32O9. The fourth-order valence-electron chi connectivity index (χ4n) is 2.80. The van der Waals surface area contributed by atoms with Gasteiger partial charge in [-0.15, -0.1) is 0 Å². The van der Waals surface area contributed by atoms with Gasteiger partial charge in [0.2, 0.25) is 0 Å². The minimum absolute atomic E-state index is 0.0105. The highest BCUT2D eigenvalue weighted by Crippen LogP contribution is 2.19. The monoisotopic (exact) mass is 524 g/mol. The Kier molecular flexibility index (Phi) is 13.5. The maximum absolute atomic E-state index is 12.1. The van der Waals surface area contributed by atoms with E-state index >= 15 is 0 Å². The zero-order valence-corrected chi connectivity index (χ0v) is 21.1. The lowest BCUT2D eigenvalue weighted by Crippen LogP contribution is -2.12. The molecule has 0 amide bonds. The zero-order valence-electron chi connectivity index (χ0n) is 21.1. The van der Waals surface area contributed by atoms with Crippen LogP contribution in [0.25, 0.3) is 6.08 Å². The molecule has 0 aliphatic rings. The van der Waals surface area contributed by atoms with E-state index in [0.717, 1.165) is 18.1 Å². The van der Waals surface area contributed by atoms with Crippen LogP contribution in [0, 0.1) is 0 Å². The van der Waals surface area contributed by atoms with Crippen molar-refractivity contribution in [2.24, 2.45) is 0 Å². The Hall–Kier alpha value is -4.37. The molecule has 0 aliphatic carbocycles. The first kappa shape index (κ1) is 29.9. The van der Waals surface area contributed by atoms with Crippen LogP contribution >= 0.6 is 0 Å². The summed E-state index contributed by atoms with van der Waals surface area (Å²) < 4.78 is 26.3. The van der Waals surface area contributed by atoms with Crippen LogP contribution in [0.1, 0.15) is 24.8 Å². The number of unbranched alkanes of at least 4 members (excludes halogenated alkanes) is 1. The van der Waals surface area contributed by atoms with E-state index in [1.165, 1.54) is 6.08 Å². The Morgan fingerprint density at radius 2 is 1.29 bits per heavy atom. The largest absolute Gasteiger partial charge is 0.494 e. The number of ether oxygens (including phenoxy) is 5. The van der Waals surface area contributed by atoms with Crippen molar-refractivity contribution in [3.8, 4) is 17.2 Å². The van der Waals surface area contributed by atoms with E-state index in [2.05, 4.69) is 13.2 Å². The Morgan fingerprint density at radius 3 is 1.92 bits per heavy atom. The van der Waals surface area contributed by atoms with Gasteiger partial charge in [0, 0.05) is 18.6 Å². The summed E-state index contributed by atoms with van der Waals surface area (Å²) in [6.07, 6.45) is 5.97. The molecule has 0 saturated carbocycles. The normalized spacial score (nSPS) is 10.4. The average Bonchev–Trinajstić information content (AvgIpc) is 2.94. The Labute approximate surface area is 221 Å². The number of rotatable bonds is 17. The predicted molar refractivity (Wildman–Crippen MR) is 141 cm³/mol. The third-order valence-corrected chi connectivity index (χ3v) is 4.82. The predicted octanol–water partition coefficient (Wildman–Crippen LogP) is 4.05. The number of benzene rings is 2. The van der Waals surface area contributed by atoms with Gasteiger partial charge in [0.25, 0.3) is 0 Å². The summed E-state index contributed by atoms with van der Waals surface area (Å²) >= 11 is 0. The molecule has 9 nitrogen and oxygen atoms in total. The first-order valence-electron chi connectivity index (χ1n) is 12.0. The quantitative estimate of drug-likeness (QED) is 0.141. The van der Waals surface area contributed by atoms with Gasteiger partial charge < -0.3 is 28.8 Å². The van der Waals surface area contributed by atoms with Crippen LogP contribution in [0.15, 0.2) is 79.4 Å². The van der Waals surface area contributed by atoms with Crippen molar-refractivity contribution in [1.29, 1.82) is 0 Å². The summed E-state index contributed by atoms with van der Waals surface area (Å²) in [6.45, 7) is 7.58. The molecule has 0 spiro atoms. The molecule has 2 aromatic carbocycles. The minimum atomic E-state index is -0.623. The maximum atomic E-state index is 12.1. The van der Waals surface area contributed by atoms with Gasteiger partial charge >= 0.3 is 17.9 Å². The summed E-state index contributed by atoms with van der Waals surface area (Å²) in [5.41, 5.74) is 0.796. The standard InChI is InChI=1S/C29H32O9/c1-3-27(31)36-18-5-4-17-34-25-12-14-26(15-13-25)38-28(32)16-9-23-7-10-24(11-8-23)35-19-6-20-37-29(33)22(2)21-30/h3,7-16,30H,1-2,4-6,17-21H2/b16-9+. The Balaban J connectivity index is 1.65. The molecule has 202 valence electrons. The van der Waals surface area contributed by atoms with Gasteiger partial charge in [0.1, 0.15) is 17.2 Å². The summed E-state index contributed by atoms with van der Waals surface area (Å²) in [5.74, 6) is 0.0767. The average molecular weight is 525 g/mol. The van der Waals surface area contributed by atoms with Gasteiger partial charge in [-0.3, -0.25) is 0 Å². The van der Waals surface area contributed by atoms with Gasteiger partial charge in [0.15, 0.2) is 0 Å². The van der Waals surface area contributed by atoms with Gasteiger partial charge in [-0.25, -0.2) is 14.4 Å². The van der Waals surface area contributed by atoms with Crippen molar-refractivity contribution in [3.05, 3.63) is 85.0 Å². The molecule has 0 atom stereocenters. The zero-order chi connectivity index (χ0) is 27.6. The molecule has 0 bridgehead atoms. The van der Waals surface area contributed by atoms with E-state index in [1.807, 2.05) is 0 Å². The van der Waals surface area contributed by atoms with E-state index < -0.39 is 24.5 Å². The van der Waals surface area contributed by atoms with Crippen LogP contribution in [0.4, 0.5) is 0 Å². The van der Waals surface area contributed by atoms with Crippen molar-refractivity contribution in [2.75, 3.05) is 33.0 Å². The maximum Gasteiger partial charge on any atom is 0.336 e. The van der Waals surface area contributed by atoms with Crippen LogP contribution in [0.5, 0.6) is 17.2 Å². The van der Waals surface area contributed by atoms with Crippen molar-refractivity contribution in [3.63, 3.8) is 0 Å². The lowest BCUT2D eigenvalue weighted by Gasteiger charge is -2.08. The number of hydrogen-bond acceptors (Lipinski definition) is 9. The number of hydrogen-bond donors (Lipinski definition) is 1. The van der Waals surface area contributed by atoms with E-state index in [9.17, 15) is 14.4 Å². The summed E-state index contributed by atoms with van der Waals surface area (Å²) in [7, 11) is 0. The molecule has 2 aromatic rings. The lowest BCUT2D eigenvalue weighted by atomic mass is 10.2. The van der Waals surface area contributed by atoms with Crippen molar-refractivity contribution in [1.82, 2.24) is 0 Å². The second-order valence-electron chi connectivity index (χ2n) is 7.82. The highest BCUT2D eigenvalue weighted by atomic mass is 16.5. The third-order valence-electron chi connectivity index (χ3n) is 4.82. The Bertz CT molecular complexity index is 1090. The highest BCUT2D eigenvalue weighted by molar-refractivity contribution is 5.89.